The molecule has 6 N–H and O–H groups in total. The second-order valence-corrected chi connectivity index (χ2v) is 5.28. The molecule has 0 heterocycles. The summed E-state index contributed by atoms with van der Waals surface area (Å²) in [5, 5.41) is 10.7. The number of benzene rings is 1. The van der Waals surface area contributed by atoms with Crippen molar-refractivity contribution in [1.82, 2.24) is 0 Å². The molecule has 0 saturated heterocycles. The normalized spacial score (nSPS) is 11.0. The van der Waals surface area contributed by atoms with Gasteiger partial charge >= 0.3 is 5.97 Å². The van der Waals surface area contributed by atoms with Gasteiger partial charge in [-0.05, 0) is 24.3 Å². The molecule has 21 heavy (non-hydrogen) atoms. The smallest absolute Gasteiger partial charge is 0.328 e. The lowest BCUT2D eigenvalue weighted by Crippen LogP contribution is -2.24. The van der Waals surface area contributed by atoms with Gasteiger partial charge in [0.05, 0.1) is 4.90 Å². The molecular weight excluding hydrogens is 300 g/mol. The molecule has 1 amide bonds. The molecule has 0 unspecified atom stereocenters. The van der Waals surface area contributed by atoms with Crippen molar-refractivity contribution in [2.45, 2.75) is 4.90 Å². The minimum atomic E-state index is -3.99. The van der Waals surface area contributed by atoms with Crippen LogP contribution >= 0.6 is 0 Å². The van der Waals surface area contributed by atoms with Crippen LogP contribution in [-0.2, 0) is 19.6 Å². The molecule has 0 bridgehead atoms. The number of hydrogen-bond acceptors (Lipinski definition) is 4. The van der Waals surface area contributed by atoms with Gasteiger partial charge in [-0.25, -0.2) is 4.79 Å². The van der Waals surface area contributed by atoms with Crippen molar-refractivity contribution in [1.29, 1.82) is 0 Å². The predicted octanol–water partition coefficient (Wildman–Crippen LogP) is -0.772. The van der Waals surface area contributed by atoms with Crippen LogP contribution in [0.5, 0.6) is 0 Å². The number of carbonyl (C=O) groups is 2. The summed E-state index contributed by atoms with van der Waals surface area (Å²) in [6, 6.07) is 5.00. The molecule has 0 aliphatic rings. The summed E-state index contributed by atoms with van der Waals surface area (Å²) < 4.78 is 26.4. The number of carbonyl (C=O) groups excluding carboxylic acids is 1. The minimum absolute atomic E-state index is 0.157. The van der Waals surface area contributed by atoms with Gasteiger partial charge in [-0.1, -0.05) is 0 Å². The van der Waals surface area contributed by atoms with Crippen LogP contribution in [0.25, 0.3) is 0 Å². The monoisotopic (exact) mass is 312 g/mol. The van der Waals surface area contributed by atoms with E-state index in [0.717, 1.165) is 6.08 Å². The van der Waals surface area contributed by atoms with E-state index < -0.39 is 27.9 Å². The van der Waals surface area contributed by atoms with Crippen LogP contribution in [0.1, 0.15) is 0 Å². The quantitative estimate of drug-likeness (QED) is 0.314. The number of rotatable bonds is 5. The topological polar surface area (TPSA) is 165 Å². The molecule has 0 spiro atoms. The maximum absolute atomic E-state index is 11.6. The number of carboxylic acids is 1. The third kappa shape index (κ3) is 5.32. The summed E-state index contributed by atoms with van der Waals surface area (Å²) in [4.78, 5) is 21.4. The predicted molar refractivity (Wildman–Crippen MR) is 74.8 cm³/mol. The van der Waals surface area contributed by atoms with Gasteiger partial charge in [0.1, 0.15) is 0 Å². The zero-order chi connectivity index (χ0) is 16.0. The Kier molecular flexibility index (Phi) is 5.02. The number of amides is 1. The van der Waals surface area contributed by atoms with E-state index in [0.29, 0.717) is 6.08 Å². The molecule has 112 valence electrons. The van der Waals surface area contributed by atoms with E-state index in [1.807, 2.05) is 0 Å². The van der Waals surface area contributed by atoms with Gasteiger partial charge in [-0.15, -0.1) is 4.40 Å². The number of carboxylic acid groups (broad SMARTS) is 1. The van der Waals surface area contributed by atoms with Gasteiger partial charge in [-0.2, -0.15) is 8.42 Å². The average molecular weight is 312 g/mol. The Morgan fingerprint density at radius 2 is 1.71 bits per heavy atom. The Labute approximate surface area is 120 Å². The minimum Gasteiger partial charge on any atom is -0.478 e. The van der Waals surface area contributed by atoms with E-state index in [1.54, 1.807) is 0 Å². The van der Waals surface area contributed by atoms with Crippen LogP contribution in [0, 0.1) is 0 Å². The van der Waals surface area contributed by atoms with E-state index in [-0.39, 0.29) is 10.6 Å². The molecule has 0 saturated carbocycles. The van der Waals surface area contributed by atoms with Crippen LogP contribution in [0.4, 0.5) is 5.69 Å². The molecule has 9 nitrogen and oxygen atoms in total. The van der Waals surface area contributed by atoms with Gasteiger partial charge < -0.3 is 21.9 Å². The van der Waals surface area contributed by atoms with E-state index in [9.17, 15) is 18.0 Å². The van der Waals surface area contributed by atoms with Crippen molar-refractivity contribution in [3.05, 3.63) is 36.4 Å². The Bertz CT molecular complexity index is 703. The molecule has 0 radical (unpaired) electrons. The van der Waals surface area contributed by atoms with Gasteiger partial charge in [0.2, 0.25) is 11.9 Å². The van der Waals surface area contributed by atoms with Gasteiger partial charge in [0.15, 0.2) is 0 Å². The zero-order valence-electron chi connectivity index (χ0n) is 10.6. The van der Waals surface area contributed by atoms with Gasteiger partial charge in [0, 0.05) is 17.8 Å². The average Bonchev–Trinajstić information content (AvgIpc) is 2.35. The summed E-state index contributed by atoms with van der Waals surface area (Å²) in [5.74, 6) is -2.52. The van der Waals surface area contributed by atoms with Crippen molar-refractivity contribution >= 4 is 33.5 Å². The second-order valence-electron chi connectivity index (χ2n) is 3.68. The van der Waals surface area contributed by atoms with Crippen LogP contribution < -0.4 is 16.8 Å². The standard InChI is InChI=1S/C11H12N4O5S/c12-11(13)15-21(19,20)8-3-1-7(2-4-8)14-9(16)5-6-10(17)18/h1-6H,(H,14,16)(H,17,18)(H4,12,13,15). The third-order valence-electron chi connectivity index (χ3n) is 2.02. The second kappa shape index (κ2) is 6.52. The molecular formula is C11H12N4O5S. The highest BCUT2D eigenvalue weighted by molar-refractivity contribution is 7.90. The fourth-order valence-corrected chi connectivity index (χ4v) is 2.10. The summed E-state index contributed by atoms with van der Waals surface area (Å²) in [6.07, 6.45) is 1.50. The first-order valence-corrected chi connectivity index (χ1v) is 6.82. The Hall–Kier alpha value is -2.88. The lowest BCUT2D eigenvalue weighted by Gasteiger charge is -2.03. The number of guanidine groups is 1. The first kappa shape index (κ1) is 16.2. The van der Waals surface area contributed by atoms with Gasteiger partial charge in [0.25, 0.3) is 10.0 Å². The fourth-order valence-electron chi connectivity index (χ4n) is 1.23. The van der Waals surface area contributed by atoms with Crippen molar-refractivity contribution in [3.8, 4) is 0 Å². The summed E-state index contributed by atoms with van der Waals surface area (Å²) in [7, 11) is -3.99. The number of nitrogens with two attached hydrogens (primary N) is 2. The first-order valence-electron chi connectivity index (χ1n) is 5.38. The molecule has 1 aromatic rings. The Morgan fingerprint density at radius 1 is 1.14 bits per heavy atom. The van der Waals surface area contributed by atoms with Crippen LogP contribution in [0.3, 0.4) is 0 Å². The molecule has 1 rings (SSSR count). The number of sulfonamides is 1. The number of nitrogens with zero attached hydrogens (tertiary/aromatic N) is 1. The third-order valence-corrected chi connectivity index (χ3v) is 3.34. The summed E-state index contributed by atoms with van der Waals surface area (Å²) in [6.45, 7) is 0. The largest absolute Gasteiger partial charge is 0.478 e. The van der Waals surface area contributed by atoms with E-state index >= 15 is 0 Å². The maximum atomic E-state index is 11.6. The molecule has 10 heteroatoms. The Balaban J connectivity index is 2.87. The highest BCUT2D eigenvalue weighted by Crippen LogP contribution is 2.16. The number of aliphatic carboxylic acids is 1. The van der Waals surface area contributed by atoms with Gasteiger partial charge in [-0.3, -0.25) is 4.79 Å². The summed E-state index contributed by atoms with van der Waals surface area (Å²) in [5.41, 5.74) is 10.3. The number of hydrogen-bond donors (Lipinski definition) is 4. The fraction of sp³-hybridized carbons (Fsp3) is 0. The van der Waals surface area contributed by atoms with Crippen LogP contribution in [0.2, 0.25) is 0 Å². The zero-order valence-corrected chi connectivity index (χ0v) is 11.4. The van der Waals surface area contributed by atoms with Crippen molar-refractivity contribution < 1.29 is 23.1 Å². The molecule has 1 aromatic carbocycles. The highest BCUT2D eigenvalue weighted by atomic mass is 32.2. The lowest BCUT2D eigenvalue weighted by atomic mass is 10.3. The summed E-state index contributed by atoms with van der Waals surface area (Å²) >= 11 is 0. The number of anilines is 1. The molecule has 0 aliphatic carbocycles. The maximum Gasteiger partial charge on any atom is 0.328 e. The van der Waals surface area contributed by atoms with Crippen molar-refractivity contribution in [2.75, 3.05) is 5.32 Å². The molecule has 0 fully saturated rings. The van der Waals surface area contributed by atoms with E-state index in [4.69, 9.17) is 16.6 Å². The molecule has 0 aromatic heterocycles. The Morgan fingerprint density at radius 3 is 2.19 bits per heavy atom. The SMILES string of the molecule is NC(N)=NS(=O)(=O)c1ccc(NC(=O)C=CC(=O)O)cc1. The van der Waals surface area contributed by atoms with Crippen molar-refractivity contribution in [3.63, 3.8) is 0 Å². The van der Waals surface area contributed by atoms with Crippen LogP contribution in [0.15, 0.2) is 45.7 Å². The van der Waals surface area contributed by atoms with E-state index in [2.05, 4.69) is 9.71 Å². The number of nitrogens with one attached hydrogen (secondary N) is 1. The van der Waals surface area contributed by atoms with Crippen LogP contribution in [-0.4, -0.2) is 31.4 Å². The lowest BCUT2D eigenvalue weighted by molar-refractivity contribution is -0.131. The highest BCUT2D eigenvalue weighted by Gasteiger charge is 2.12. The molecule has 0 atom stereocenters. The van der Waals surface area contributed by atoms with E-state index in [1.165, 1.54) is 24.3 Å². The first-order chi connectivity index (χ1) is 9.70. The van der Waals surface area contributed by atoms with Crippen molar-refractivity contribution in [2.24, 2.45) is 15.9 Å². The molecule has 0 aliphatic heterocycles.